The van der Waals surface area contributed by atoms with Crippen LogP contribution in [-0.4, -0.2) is 11.1 Å². The van der Waals surface area contributed by atoms with Crippen molar-refractivity contribution in [3.05, 3.63) is 70.8 Å². The van der Waals surface area contributed by atoms with Crippen molar-refractivity contribution >= 4 is 18.4 Å². The maximum atomic E-state index is 11.1. The standard InChI is InChI=1S/C18H16O2.ClH/c19-17(20)9-10-18-11-14(12-5-1-3-7-15(12)18)13-6-2-4-8-16(13)18;/h1-8,14H,9-11H2,(H,19,20);1H. The van der Waals surface area contributed by atoms with Crippen molar-refractivity contribution in [2.45, 2.75) is 30.6 Å². The summed E-state index contributed by atoms with van der Waals surface area (Å²) in [6.07, 6.45) is 1.97. The first-order valence-electron chi connectivity index (χ1n) is 7.13. The van der Waals surface area contributed by atoms with Gasteiger partial charge in [-0.05, 0) is 35.1 Å². The first-order valence-corrected chi connectivity index (χ1v) is 7.13. The largest absolute Gasteiger partial charge is 0.481 e. The van der Waals surface area contributed by atoms with E-state index in [4.69, 9.17) is 5.11 Å². The zero-order chi connectivity index (χ0) is 13.7. The van der Waals surface area contributed by atoms with Crippen LogP contribution >= 0.6 is 12.4 Å². The van der Waals surface area contributed by atoms with Crippen LogP contribution in [0.4, 0.5) is 0 Å². The zero-order valence-electron chi connectivity index (χ0n) is 11.6. The lowest BCUT2D eigenvalue weighted by Gasteiger charge is -2.31. The Balaban J connectivity index is 0.00000132. The lowest BCUT2D eigenvalue weighted by Crippen LogP contribution is -2.25. The van der Waals surface area contributed by atoms with Gasteiger partial charge in [-0.3, -0.25) is 4.79 Å². The molecule has 1 N–H and O–H groups in total. The molecule has 0 saturated carbocycles. The van der Waals surface area contributed by atoms with Crippen molar-refractivity contribution in [2.24, 2.45) is 0 Å². The summed E-state index contributed by atoms with van der Waals surface area (Å²) in [5.41, 5.74) is 5.43. The summed E-state index contributed by atoms with van der Waals surface area (Å²) in [6.45, 7) is 0. The smallest absolute Gasteiger partial charge is 0.303 e. The van der Waals surface area contributed by atoms with Crippen LogP contribution in [0.5, 0.6) is 0 Å². The highest BCUT2D eigenvalue weighted by Crippen LogP contribution is 2.61. The van der Waals surface area contributed by atoms with E-state index in [1.54, 1.807) is 0 Å². The lowest BCUT2D eigenvalue weighted by atomic mass is 9.72. The molecule has 21 heavy (non-hydrogen) atoms. The summed E-state index contributed by atoms with van der Waals surface area (Å²) in [5.74, 6) is -0.249. The molecule has 0 aromatic heterocycles. The van der Waals surface area contributed by atoms with E-state index in [2.05, 4.69) is 48.5 Å². The number of carboxylic acid groups (broad SMARTS) is 1. The van der Waals surface area contributed by atoms with Crippen LogP contribution in [0.25, 0.3) is 0 Å². The predicted molar refractivity (Wildman–Crippen MR) is 84.2 cm³/mol. The van der Waals surface area contributed by atoms with Gasteiger partial charge < -0.3 is 5.11 Å². The summed E-state index contributed by atoms with van der Waals surface area (Å²) >= 11 is 0. The predicted octanol–water partition coefficient (Wildman–Crippen LogP) is 4.11. The molecule has 4 rings (SSSR count). The van der Waals surface area contributed by atoms with E-state index in [9.17, 15) is 4.79 Å². The summed E-state index contributed by atoms with van der Waals surface area (Å²) in [4.78, 5) is 11.1. The molecule has 0 saturated heterocycles. The Morgan fingerprint density at radius 3 is 2.10 bits per heavy atom. The van der Waals surface area contributed by atoms with Gasteiger partial charge in [-0.15, -0.1) is 12.4 Å². The van der Waals surface area contributed by atoms with Crippen LogP contribution in [0.1, 0.15) is 47.4 Å². The molecular weight excluding hydrogens is 284 g/mol. The van der Waals surface area contributed by atoms with Crippen LogP contribution < -0.4 is 0 Å². The van der Waals surface area contributed by atoms with Gasteiger partial charge in [0, 0.05) is 17.8 Å². The fourth-order valence-corrected chi connectivity index (χ4v) is 4.27. The molecule has 2 aromatic carbocycles. The molecule has 0 spiro atoms. The Bertz CT molecular complexity index is 660. The van der Waals surface area contributed by atoms with Crippen LogP contribution in [0, 0.1) is 0 Å². The van der Waals surface area contributed by atoms with Gasteiger partial charge in [0.2, 0.25) is 0 Å². The fraction of sp³-hybridized carbons (Fsp3) is 0.278. The van der Waals surface area contributed by atoms with Crippen molar-refractivity contribution in [2.75, 3.05) is 0 Å². The minimum absolute atomic E-state index is 0. The van der Waals surface area contributed by atoms with Crippen molar-refractivity contribution in [3.8, 4) is 0 Å². The third-order valence-corrected chi connectivity index (χ3v) is 5.02. The molecule has 0 heterocycles. The SMILES string of the molecule is Cl.O=C(O)CCC12CC(c3ccccc31)c1ccccc12. The quantitative estimate of drug-likeness (QED) is 0.926. The van der Waals surface area contributed by atoms with Gasteiger partial charge in [0.15, 0.2) is 0 Å². The number of aliphatic carboxylic acids is 1. The number of benzene rings is 2. The normalized spacial score (nSPS) is 24.1. The minimum Gasteiger partial charge on any atom is -0.481 e. The zero-order valence-corrected chi connectivity index (χ0v) is 12.4. The summed E-state index contributed by atoms with van der Waals surface area (Å²) < 4.78 is 0. The molecule has 0 unspecified atom stereocenters. The molecule has 0 fully saturated rings. The highest BCUT2D eigenvalue weighted by Gasteiger charge is 2.52. The van der Waals surface area contributed by atoms with Crippen LogP contribution in [0.3, 0.4) is 0 Å². The molecule has 2 aliphatic carbocycles. The second-order valence-corrected chi connectivity index (χ2v) is 5.91. The van der Waals surface area contributed by atoms with Gasteiger partial charge in [0.25, 0.3) is 0 Å². The van der Waals surface area contributed by atoms with Gasteiger partial charge in [-0.25, -0.2) is 0 Å². The second kappa shape index (κ2) is 4.88. The fourth-order valence-electron chi connectivity index (χ4n) is 4.27. The minimum atomic E-state index is -0.704. The average Bonchev–Trinajstić information content (AvgIpc) is 2.98. The Kier molecular flexibility index (Phi) is 3.29. The van der Waals surface area contributed by atoms with Gasteiger partial charge in [0.05, 0.1) is 0 Å². The van der Waals surface area contributed by atoms with E-state index in [1.807, 2.05) is 0 Å². The number of carboxylic acids is 1. The highest BCUT2D eigenvalue weighted by atomic mass is 35.5. The second-order valence-electron chi connectivity index (χ2n) is 5.91. The Morgan fingerprint density at radius 2 is 1.57 bits per heavy atom. The van der Waals surface area contributed by atoms with Crippen LogP contribution in [-0.2, 0) is 10.2 Å². The number of carbonyl (C=O) groups is 1. The molecule has 2 bridgehead atoms. The Morgan fingerprint density at radius 1 is 1.05 bits per heavy atom. The molecular formula is C18H17ClO2. The van der Waals surface area contributed by atoms with Crippen molar-refractivity contribution in [1.82, 2.24) is 0 Å². The third-order valence-electron chi connectivity index (χ3n) is 5.02. The molecule has 3 heteroatoms. The maximum Gasteiger partial charge on any atom is 0.303 e. The molecule has 0 amide bonds. The van der Waals surface area contributed by atoms with Crippen LogP contribution in [0.2, 0.25) is 0 Å². The molecule has 0 radical (unpaired) electrons. The third kappa shape index (κ3) is 1.82. The van der Waals surface area contributed by atoms with E-state index in [-0.39, 0.29) is 24.2 Å². The number of halogens is 1. The van der Waals surface area contributed by atoms with Gasteiger partial charge >= 0.3 is 5.97 Å². The van der Waals surface area contributed by atoms with E-state index >= 15 is 0 Å². The molecule has 108 valence electrons. The Hall–Kier alpha value is -1.80. The first-order chi connectivity index (χ1) is 9.72. The summed E-state index contributed by atoms with van der Waals surface area (Å²) in [5, 5.41) is 9.09. The number of rotatable bonds is 3. The van der Waals surface area contributed by atoms with Crippen molar-refractivity contribution < 1.29 is 9.90 Å². The van der Waals surface area contributed by atoms with E-state index in [1.165, 1.54) is 22.3 Å². The maximum absolute atomic E-state index is 11.1. The molecule has 2 aliphatic rings. The van der Waals surface area contributed by atoms with Gasteiger partial charge in [-0.2, -0.15) is 0 Å². The highest BCUT2D eigenvalue weighted by molar-refractivity contribution is 5.85. The number of hydrogen-bond acceptors (Lipinski definition) is 1. The van der Waals surface area contributed by atoms with E-state index in [0.29, 0.717) is 12.3 Å². The molecule has 2 nitrogen and oxygen atoms in total. The van der Waals surface area contributed by atoms with Gasteiger partial charge in [-0.1, -0.05) is 48.5 Å². The van der Waals surface area contributed by atoms with Crippen molar-refractivity contribution in [1.29, 1.82) is 0 Å². The first kappa shape index (κ1) is 14.2. The number of fused-ring (bicyclic) bond motifs is 8. The van der Waals surface area contributed by atoms with Gasteiger partial charge in [0.1, 0.15) is 0 Å². The summed E-state index contributed by atoms with van der Waals surface area (Å²) in [7, 11) is 0. The molecule has 2 aromatic rings. The molecule has 0 atom stereocenters. The van der Waals surface area contributed by atoms with Crippen LogP contribution in [0.15, 0.2) is 48.5 Å². The van der Waals surface area contributed by atoms with Crippen molar-refractivity contribution in [3.63, 3.8) is 0 Å². The molecule has 0 aliphatic heterocycles. The number of hydrogen-bond donors (Lipinski definition) is 1. The van der Waals surface area contributed by atoms with E-state index in [0.717, 1.165) is 6.42 Å². The Labute approximate surface area is 130 Å². The summed E-state index contributed by atoms with van der Waals surface area (Å²) in [6, 6.07) is 17.1. The topological polar surface area (TPSA) is 37.3 Å². The average molecular weight is 301 g/mol. The van der Waals surface area contributed by atoms with E-state index < -0.39 is 5.97 Å². The lowest BCUT2D eigenvalue weighted by molar-refractivity contribution is -0.137. The monoisotopic (exact) mass is 300 g/mol.